The molecular formula is C22H29N3O5. The molecule has 3 rings (SSSR count). The molecule has 3 atom stereocenters. The molecule has 162 valence electrons. The van der Waals surface area contributed by atoms with Gasteiger partial charge in [0.05, 0.1) is 17.7 Å². The molecule has 1 unspecified atom stereocenters. The first-order valence-corrected chi connectivity index (χ1v) is 10.1. The standard InChI is InChI=1S/C22H29N3O5/c1-21(2,3)30-20(28)25-10-6-7-15(25)19(27)24-17-14-11-13(12-23)8-9-16(14)29-22(4,5)18(17)26/h8-9,11,15,17-18,26H,6-7,10H2,1-5H3,(H,24,27)/t15?,17-,18+/m1/s1. The van der Waals surface area contributed by atoms with Crippen molar-refractivity contribution < 1.29 is 24.2 Å². The van der Waals surface area contributed by atoms with Gasteiger partial charge in [-0.05, 0) is 65.7 Å². The summed E-state index contributed by atoms with van der Waals surface area (Å²) in [6.45, 7) is 9.24. The van der Waals surface area contributed by atoms with E-state index in [4.69, 9.17) is 9.47 Å². The third-order valence-corrected chi connectivity index (χ3v) is 5.36. The minimum Gasteiger partial charge on any atom is -0.485 e. The smallest absolute Gasteiger partial charge is 0.410 e. The Bertz CT molecular complexity index is 884. The highest BCUT2D eigenvalue weighted by molar-refractivity contribution is 5.86. The van der Waals surface area contributed by atoms with Crippen LogP contribution < -0.4 is 10.1 Å². The topological polar surface area (TPSA) is 112 Å². The third-order valence-electron chi connectivity index (χ3n) is 5.36. The number of amides is 2. The van der Waals surface area contributed by atoms with Crippen LogP contribution in [0, 0.1) is 11.3 Å². The number of benzene rings is 1. The van der Waals surface area contributed by atoms with Crippen LogP contribution in [-0.4, -0.2) is 51.9 Å². The molecule has 0 spiro atoms. The van der Waals surface area contributed by atoms with E-state index < -0.39 is 35.5 Å². The predicted molar refractivity (Wildman–Crippen MR) is 109 cm³/mol. The van der Waals surface area contributed by atoms with Crippen molar-refractivity contribution in [1.29, 1.82) is 5.26 Å². The summed E-state index contributed by atoms with van der Waals surface area (Å²) >= 11 is 0. The molecule has 8 heteroatoms. The number of likely N-dealkylation sites (tertiary alicyclic amines) is 1. The molecule has 1 fully saturated rings. The van der Waals surface area contributed by atoms with E-state index in [1.54, 1.807) is 52.8 Å². The largest absolute Gasteiger partial charge is 0.485 e. The monoisotopic (exact) mass is 415 g/mol. The fourth-order valence-corrected chi connectivity index (χ4v) is 3.85. The van der Waals surface area contributed by atoms with Crippen LogP contribution in [0.4, 0.5) is 4.79 Å². The molecule has 2 heterocycles. The second-order valence-electron chi connectivity index (χ2n) is 9.33. The molecule has 1 saturated heterocycles. The van der Waals surface area contributed by atoms with Crippen LogP contribution in [0.1, 0.15) is 64.6 Å². The zero-order chi connectivity index (χ0) is 22.3. The SMILES string of the molecule is CC(C)(C)OC(=O)N1CCCC1C(=O)N[C@@H]1c2cc(C#N)ccc2OC(C)(C)[C@H]1O. The minimum atomic E-state index is -1.04. The van der Waals surface area contributed by atoms with Gasteiger partial charge in [0.25, 0.3) is 0 Å². The molecular weight excluding hydrogens is 386 g/mol. The van der Waals surface area contributed by atoms with E-state index in [-0.39, 0.29) is 5.91 Å². The number of carbonyl (C=O) groups excluding carboxylic acids is 2. The highest BCUT2D eigenvalue weighted by atomic mass is 16.6. The average Bonchev–Trinajstić information content (AvgIpc) is 3.13. The maximum absolute atomic E-state index is 13.1. The Morgan fingerprint density at radius 2 is 2.07 bits per heavy atom. The van der Waals surface area contributed by atoms with Crippen molar-refractivity contribution in [1.82, 2.24) is 10.2 Å². The van der Waals surface area contributed by atoms with Gasteiger partial charge in [-0.3, -0.25) is 9.69 Å². The zero-order valence-electron chi connectivity index (χ0n) is 18.1. The molecule has 0 saturated carbocycles. The van der Waals surface area contributed by atoms with Crippen LogP contribution >= 0.6 is 0 Å². The Morgan fingerprint density at radius 1 is 1.37 bits per heavy atom. The number of nitrogens with one attached hydrogen (secondary N) is 1. The Morgan fingerprint density at radius 3 is 2.70 bits per heavy atom. The fourth-order valence-electron chi connectivity index (χ4n) is 3.85. The molecule has 1 aromatic rings. The first-order valence-electron chi connectivity index (χ1n) is 10.1. The molecule has 0 aromatic heterocycles. The number of hydrogen-bond acceptors (Lipinski definition) is 6. The van der Waals surface area contributed by atoms with Crippen molar-refractivity contribution >= 4 is 12.0 Å². The molecule has 30 heavy (non-hydrogen) atoms. The van der Waals surface area contributed by atoms with Crippen LogP contribution in [-0.2, 0) is 9.53 Å². The van der Waals surface area contributed by atoms with E-state index in [9.17, 15) is 20.0 Å². The molecule has 2 N–H and O–H groups in total. The summed E-state index contributed by atoms with van der Waals surface area (Å²) in [5, 5.41) is 23.0. The summed E-state index contributed by atoms with van der Waals surface area (Å²) in [6, 6.07) is 5.53. The predicted octanol–water partition coefficient (Wildman–Crippen LogP) is 2.65. The van der Waals surface area contributed by atoms with Crippen LogP contribution in [0.2, 0.25) is 0 Å². The third kappa shape index (κ3) is 4.36. The van der Waals surface area contributed by atoms with Gasteiger partial charge in [-0.2, -0.15) is 5.26 Å². The quantitative estimate of drug-likeness (QED) is 0.768. The average molecular weight is 415 g/mol. The van der Waals surface area contributed by atoms with Gasteiger partial charge in [0.2, 0.25) is 5.91 Å². The van der Waals surface area contributed by atoms with Crippen molar-refractivity contribution in [3.63, 3.8) is 0 Å². The number of rotatable bonds is 2. The normalized spacial score (nSPS) is 25.0. The van der Waals surface area contributed by atoms with Crippen molar-refractivity contribution in [2.45, 2.75) is 76.9 Å². The highest BCUT2D eigenvalue weighted by Crippen LogP contribution is 2.40. The van der Waals surface area contributed by atoms with Crippen molar-refractivity contribution in [3.8, 4) is 11.8 Å². The maximum atomic E-state index is 13.1. The van der Waals surface area contributed by atoms with Gasteiger partial charge in [0.15, 0.2) is 0 Å². The van der Waals surface area contributed by atoms with Crippen molar-refractivity contribution in [2.24, 2.45) is 0 Å². The van der Waals surface area contributed by atoms with E-state index in [0.717, 1.165) is 0 Å². The van der Waals surface area contributed by atoms with Gasteiger partial charge in [0, 0.05) is 12.1 Å². The van der Waals surface area contributed by atoms with Gasteiger partial charge in [-0.1, -0.05) is 0 Å². The summed E-state index contributed by atoms with van der Waals surface area (Å²) < 4.78 is 11.3. The maximum Gasteiger partial charge on any atom is 0.410 e. The number of aliphatic hydroxyl groups excluding tert-OH is 1. The van der Waals surface area contributed by atoms with Gasteiger partial charge in [-0.15, -0.1) is 0 Å². The van der Waals surface area contributed by atoms with E-state index in [1.807, 2.05) is 0 Å². The van der Waals surface area contributed by atoms with Crippen LogP contribution in [0.3, 0.4) is 0 Å². The fraction of sp³-hybridized carbons (Fsp3) is 0.591. The second-order valence-corrected chi connectivity index (χ2v) is 9.33. The summed E-state index contributed by atoms with van der Waals surface area (Å²) in [6.07, 6.45) is -0.368. The Balaban J connectivity index is 1.85. The first-order chi connectivity index (χ1) is 13.9. The first kappa shape index (κ1) is 21.9. The molecule has 0 radical (unpaired) electrons. The number of ether oxygens (including phenoxy) is 2. The van der Waals surface area contributed by atoms with Gasteiger partial charge in [0.1, 0.15) is 29.1 Å². The van der Waals surface area contributed by atoms with Crippen molar-refractivity contribution in [2.75, 3.05) is 6.54 Å². The molecule has 1 aromatic carbocycles. The van der Waals surface area contributed by atoms with Crippen molar-refractivity contribution in [3.05, 3.63) is 29.3 Å². The lowest BCUT2D eigenvalue weighted by molar-refractivity contribution is -0.129. The van der Waals surface area contributed by atoms with Crippen LogP contribution in [0.25, 0.3) is 0 Å². The lowest BCUT2D eigenvalue weighted by atomic mass is 9.85. The number of nitriles is 1. The van der Waals surface area contributed by atoms with E-state index in [2.05, 4.69) is 11.4 Å². The Kier molecular flexibility index (Phi) is 5.70. The highest BCUT2D eigenvalue weighted by Gasteiger charge is 2.45. The van der Waals surface area contributed by atoms with Crippen LogP contribution in [0.15, 0.2) is 18.2 Å². The lowest BCUT2D eigenvalue weighted by Gasteiger charge is -2.42. The minimum absolute atomic E-state index is 0.367. The number of nitrogens with zero attached hydrogens (tertiary/aromatic N) is 2. The van der Waals surface area contributed by atoms with E-state index in [1.165, 1.54) is 4.90 Å². The zero-order valence-corrected chi connectivity index (χ0v) is 18.1. The number of fused-ring (bicyclic) bond motifs is 1. The van der Waals surface area contributed by atoms with Crippen LogP contribution in [0.5, 0.6) is 5.75 Å². The Hall–Kier alpha value is -2.79. The lowest BCUT2D eigenvalue weighted by Crippen LogP contribution is -2.56. The molecule has 0 aliphatic carbocycles. The van der Waals surface area contributed by atoms with E-state index >= 15 is 0 Å². The summed E-state index contributed by atoms with van der Waals surface area (Å²) in [7, 11) is 0. The number of hydrogen-bond donors (Lipinski definition) is 2. The van der Waals surface area contributed by atoms with Gasteiger partial charge in [-0.25, -0.2) is 4.79 Å². The molecule has 2 aliphatic heterocycles. The molecule has 8 nitrogen and oxygen atoms in total. The second kappa shape index (κ2) is 7.80. The summed E-state index contributed by atoms with van der Waals surface area (Å²) in [4.78, 5) is 27.1. The molecule has 2 aliphatic rings. The summed E-state index contributed by atoms with van der Waals surface area (Å²) in [5.41, 5.74) is -0.663. The Labute approximate surface area is 176 Å². The number of carbonyl (C=O) groups is 2. The summed E-state index contributed by atoms with van der Waals surface area (Å²) in [5.74, 6) is 0.137. The van der Waals surface area contributed by atoms with E-state index in [0.29, 0.717) is 36.3 Å². The number of aliphatic hydroxyl groups is 1. The molecule has 2 amide bonds. The van der Waals surface area contributed by atoms with Gasteiger partial charge < -0.3 is 19.9 Å². The molecule has 0 bridgehead atoms. The van der Waals surface area contributed by atoms with Gasteiger partial charge >= 0.3 is 6.09 Å².